The first kappa shape index (κ1) is 14.3. The first-order valence-corrected chi connectivity index (χ1v) is 7.81. The molecule has 1 atom stereocenters. The lowest BCUT2D eigenvalue weighted by Gasteiger charge is -2.26. The van der Waals surface area contributed by atoms with E-state index in [9.17, 15) is 9.18 Å². The van der Waals surface area contributed by atoms with Crippen molar-refractivity contribution in [2.45, 2.75) is 19.1 Å². The molecule has 1 aromatic carbocycles. The number of hydrogen-bond acceptors (Lipinski definition) is 6. The van der Waals surface area contributed by atoms with Crippen molar-refractivity contribution in [1.82, 2.24) is 24.7 Å². The van der Waals surface area contributed by atoms with E-state index in [0.717, 1.165) is 13.0 Å². The SMILES string of the molecule is O=c1[nH]c2c(F)ccc(-c3cnc4c(cnn4CC4CCO4)n3)c2o1. The van der Waals surface area contributed by atoms with Gasteiger partial charge in [0.05, 0.1) is 30.7 Å². The summed E-state index contributed by atoms with van der Waals surface area (Å²) in [5, 5.41) is 4.30. The molecule has 4 heterocycles. The Kier molecular flexibility index (Phi) is 2.98. The van der Waals surface area contributed by atoms with Gasteiger partial charge in [-0.05, 0) is 18.6 Å². The van der Waals surface area contributed by atoms with E-state index in [-0.39, 0.29) is 17.2 Å². The Morgan fingerprint density at radius 1 is 1.36 bits per heavy atom. The number of nitrogens with one attached hydrogen (secondary N) is 1. The van der Waals surface area contributed by atoms with Crippen LogP contribution in [0.2, 0.25) is 0 Å². The van der Waals surface area contributed by atoms with Gasteiger partial charge in [0.2, 0.25) is 0 Å². The fourth-order valence-corrected chi connectivity index (χ4v) is 2.95. The lowest BCUT2D eigenvalue weighted by atomic mass is 10.1. The molecule has 3 aromatic heterocycles. The number of ether oxygens (including phenoxy) is 1. The fourth-order valence-electron chi connectivity index (χ4n) is 2.95. The van der Waals surface area contributed by atoms with Gasteiger partial charge < -0.3 is 9.15 Å². The molecule has 5 rings (SSSR count). The molecule has 0 spiro atoms. The summed E-state index contributed by atoms with van der Waals surface area (Å²) in [6.45, 7) is 1.41. The molecule has 1 aliphatic rings. The Labute approximate surface area is 139 Å². The highest BCUT2D eigenvalue weighted by Gasteiger charge is 2.21. The minimum Gasteiger partial charge on any atom is -0.407 e. The molecule has 1 fully saturated rings. The van der Waals surface area contributed by atoms with E-state index < -0.39 is 11.6 Å². The monoisotopic (exact) mass is 341 g/mol. The van der Waals surface area contributed by atoms with Crippen LogP contribution < -0.4 is 5.76 Å². The van der Waals surface area contributed by atoms with E-state index in [1.165, 1.54) is 12.1 Å². The molecule has 4 aromatic rings. The van der Waals surface area contributed by atoms with Crippen LogP contribution in [-0.4, -0.2) is 37.4 Å². The molecule has 8 nitrogen and oxygen atoms in total. The maximum Gasteiger partial charge on any atom is 0.417 e. The van der Waals surface area contributed by atoms with E-state index in [1.54, 1.807) is 17.1 Å². The van der Waals surface area contributed by atoms with Crippen molar-refractivity contribution in [3.05, 3.63) is 40.9 Å². The highest BCUT2D eigenvalue weighted by molar-refractivity contribution is 5.90. The second kappa shape index (κ2) is 5.21. The van der Waals surface area contributed by atoms with Gasteiger partial charge in [-0.3, -0.25) is 4.98 Å². The third kappa shape index (κ3) is 2.23. The van der Waals surface area contributed by atoms with Gasteiger partial charge >= 0.3 is 5.76 Å². The molecule has 9 heteroatoms. The molecule has 25 heavy (non-hydrogen) atoms. The van der Waals surface area contributed by atoms with Crippen molar-refractivity contribution in [2.24, 2.45) is 0 Å². The highest BCUT2D eigenvalue weighted by Crippen LogP contribution is 2.28. The molecule has 1 unspecified atom stereocenters. The number of rotatable bonds is 3. The zero-order chi connectivity index (χ0) is 17.0. The summed E-state index contributed by atoms with van der Waals surface area (Å²) in [7, 11) is 0. The first-order chi connectivity index (χ1) is 12.2. The topological polar surface area (TPSA) is 98.8 Å². The summed E-state index contributed by atoms with van der Waals surface area (Å²) in [6.07, 6.45) is 4.35. The Hall–Kier alpha value is -3.07. The Balaban J connectivity index is 1.61. The number of aromatic nitrogens is 5. The third-order valence-corrected chi connectivity index (χ3v) is 4.32. The molecule has 1 aliphatic heterocycles. The standard InChI is InChI=1S/C16H12FN5O3/c17-10-2-1-9(14-13(10)21-16(23)25-14)11-5-18-15-12(20-11)6-19-22(15)7-8-3-4-24-8/h1-2,5-6,8H,3-4,7H2,(H,21,23). The number of aromatic amines is 1. The molecular formula is C16H12FN5O3. The quantitative estimate of drug-likeness (QED) is 0.611. The van der Waals surface area contributed by atoms with Crippen LogP contribution in [0.15, 0.2) is 33.7 Å². The van der Waals surface area contributed by atoms with Gasteiger partial charge in [0, 0.05) is 12.2 Å². The van der Waals surface area contributed by atoms with E-state index >= 15 is 0 Å². The van der Waals surface area contributed by atoms with E-state index in [4.69, 9.17) is 9.15 Å². The number of fused-ring (bicyclic) bond motifs is 2. The average molecular weight is 341 g/mol. The summed E-state index contributed by atoms with van der Waals surface area (Å²) >= 11 is 0. The molecule has 0 saturated carbocycles. The van der Waals surface area contributed by atoms with Crippen molar-refractivity contribution >= 4 is 22.3 Å². The highest BCUT2D eigenvalue weighted by atomic mass is 19.1. The molecule has 0 amide bonds. The van der Waals surface area contributed by atoms with Gasteiger partial charge in [-0.15, -0.1) is 0 Å². The van der Waals surface area contributed by atoms with Gasteiger partial charge in [0.1, 0.15) is 11.0 Å². The molecular weight excluding hydrogens is 329 g/mol. The van der Waals surface area contributed by atoms with E-state index in [0.29, 0.717) is 29.0 Å². The van der Waals surface area contributed by atoms with Crippen LogP contribution in [0, 0.1) is 5.82 Å². The van der Waals surface area contributed by atoms with Gasteiger partial charge in [0.25, 0.3) is 0 Å². The molecule has 126 valence electrons. The number of H-pyrrole nitrogens is 1. The first-order valence-electron chi connectivity index (χ1n) is 7.81. The molecule has 1 N–H and O–H groups in total. The Bertz CT molecular complexity index is 1160. The summed E-state index contributed by atoms with van der Waals surface area (Å²) in [5.41, 5.74) is 2.34. The van der Waals surface area contributed by atoms with Crippen molar-refractivity contribution in [3.63, 3.8) is 0 Å². The van der Waals surface area contributed by atoms with Crippen LogP contribution in [0.25, 0.3) is 33.5 Å². The van der Waals surface area contributed by atoms with Gasteiger partial charge in [0.15, 0.2) is 17.0 Å². The minimum absolute atomic E-state index is 0.0159. The van der Waals surface area contributed by atoms with Gasteiger partial charge in [-0.2, -0.15) is 5.10 Å². The number of halogens is 1. The molecule has 0 radical (unpaired) electrons. The second-order valence-electron chi connectivity index (χ2n) is 5.89. The lowest BCUT2D eigenvalue weighted by Crippen LogP contribution is -2.31. The van der Waals surface area contributed by atoms with Gasteiger partial charge in [-0.25, -0.2) is 23.8 Å². The molecule has 0 aliphatic carbocycles. The van der Waals surface area contributed by atoms with Crippen LogP contribution in [0.1, 0.15) is 6.42 Å². The summed E-state index contributed by atoms with van der Waals surface area (Å²) in [4.78, 5) is 22.7. The number of oxazole rings is 1. The molecule has 0 bridgehead atoms. The zero-order valence-corrected chi connectivity index (χ0v) is 12.9. The average Bonchev–Trinajstić information content (AvgIpc) is 3.14. The van der Waals surface area contributed by atoms with Crippen molar-refractivity contribution in [1.29, 1.82) is 0 Å². The normalized spacial score (nSPS) is 17.2. The van der Waals surface area contributed by atoms with E-state index in [2.05, 4.69) is 20.1 Å². The van der Waals surface area contributed by atoms with Crippen molar-refractivity contribution < 1.29 is 13.5 Å². The van der Waals surface area contributed by atoms with E-state index in [1.807, 2.05) is 0 Å². The Morgan fingerprint density at radius 3 is 3.04 bits per heavy atom. The fraction of sp³-hybridized carbons (Fsp3) is 0.250. The maximum absolute atomic E-state index is 13.8. The van der Waals surface area contributed by atoms with Crippen molar-refractivity contribution in [2.75, 3.05) is 6.61 Å². The maximum atomic E-state index is 13.8. The van der Waals surface area contributed by atoms with Crippen LogP contribution in [0.4, 0.5) is 4.39 Å². The number of benzene rings is 1. The van der Waals surface area contributed by atoms with Crippen molar-refractivity contribution in [3.8, 4) is 11.3 Å². The zero-order valence-electron chi connectivity index (χ0n) is 12.9. The summed E-state index contributed by atoms with van der Waals surface area (Å²) in [6, 6.07) is 2.77. The summed E-state index contributed by atoms with van der Waals surface area (Å²) < 4.78 is 26.1. The van der Waals surface area contributed by atoms with Crippen LogP contribution >= 0.6 is 0 Å². The van der Waals surface area contributed by atoms with Gasteiger partial charge in [-0.1, -0.05) is 0 Å². The number of nitrogens with zero attached hydrogens (tertiary/aromatic N) is 4. The minimum atomic E-state index is -0.719. The predicted octanol–water partition coefficient (Wildman–Crippen LogP) is 1.86. The summed E-state index contributed by atoms with van der Waals surface area (Å²) in [5.74, 6) is -1.28. The second-order valence-corrected chi connectivity index (χ2v) is 5.89. The number of hydrogen-bond donors (Lipinski definition) is 1. The van der Waals surface area contributed by atoms with Crippen LogP contribution in [0.5, 0.6) is 0 Å². The molecule has 1 saturated heterocycles. The smallest absolute Gasteiger partial charge is 0.407 e. The van der Waals surface area contributed by atoms with Crippen LogP contribution in [-0.2, 0) is 11.3 Å². The largest absolute Gasteiger partial charge is 0.417 e. The van der Waals surface area contributed by atoms with Crippen LogP contribution in [0.3, 0.4) is 0 Å². The Morgan fingerprint density at radius 2 is 2.24 bits per heavy atom. The third-order valence-electron chi connectivity index (χ3n) is 4.32. The predicted molar refractivity (Wildman–Crippen MR) is 85.5 cm³/mol. The lowest BCUT2D eigenvalue weighted by molar-refractivity contribution is -0.0603.